The van der Waals surface area contributed by atoms with E-state index in [1.54, 1.807) is 0 Å². The summed E-state index contributed by atoms with van der Waals surface area (Å²) in [5.74, 6) is 4.98. The van der Waals surface area contributed by atoms with Crippen molar-refractivity contribution in [2.75, 3.05) is 12.3 Å². The minimum absolute atomic E-state index is 0. The molecule has 0 saturated heterocycles. The normalized spacial score (nSPS) is 10.2. The van der Waals surface area contributed by atoms with E-state index in [-0.39, 0.29) is 44.8 Å². The Bertz CT molecular complexity index is 2500. The van der Waals surface area contributed by atoms with Crippen LogP contribution in [-0.2, 0) is 44.8 Å². The molecule has 0 fully saturated rings. The van der Waals surface area contributed by atoms with Crippen LogP contribution in [0.1, 0.15) is 11.1 Å². The third kappa shape index (κ3) is 11.2. The predicted molar refractivity (Wildman–Crippen MR) is 249 cm³/mol. The van der Waals surface area contributed by atoms with Crippen molar-refractivity contribution in [2.24, 2.45) is 0 Å². The maximum Gasteiger partial charge on any atom is 1.00 e. The average molecular weight is 1060 g/mol. The van der Waals surface area contributed by atoms with E-state index in [0.717, 1.165) is 43.4 Å². The van der Waals surface area contributed by atoms with Gasteiger partial charge in [-0.3, -0.25) is 11.8 Å². The second-order valence-electron chi connectivity index (χ2n) is 13.4. The molecule has 288 valence electrons. The van der Waals surface area contributed by atoms with Gasteiger partial charge in [0, 0.05) is 0 Å². The zero-order chi connectivity index (χ0) is 38.4. The topological polar surface area (TPSA) is 0 Å². The van der Waals surface area contributed by atoms with Gasteiger partial charge in [-0.1, -0.05) is 174 Å². The first-order valence-electron chi connectivity index (χ1n) is 18.9. The molecule has 9 rings (SSSR count). The summed E-state index contributed by atoms with van der Waals surface area (Å²) in [5, 5.41) is 12.8. The number of rotatable bonds is 7. The van der Waals surface area contributed by atoms with E-state index in [2.05, 4.69) is 151 Å². The monoisotopic (exact) mass is 1060 g/mol. The summed E-state index contributed by atoms with van der Waals surface area (Å²) in [7, 11) is -1.57. The van der Waals surface area contributed by atoms with E-state index in [1.165, 1.54) is 33.5 Å². The quantitative estimate of drug-likeness (QED) is 0.0491. The van der Waals surface area contributed by atoms with Crippen molar-refractivity contribution >= 4 is 69.4 Å². The molecular formula is C54H42AgAuP2+2. The van der Waals surface area contributed by atoms with Gasteiger partial charge in [0.1, 0.15) is 12.3 Å². The molecule has 0 atom stereocenters. The number of benzene rings is 9. The van der Waals surface area contributed by atoms with Crippen LogP contribution in [0.4, 0.5) is 0 Å². The molecule has 9 aromatic carbocycles. The largest absolute Gasteiger partial charge is 1.00 e. The van der Waals surface area contributed by atoms with E-state index in [9.17, 15) is 0 Å². The van der Waals surface area contributed by atoms with Gasteiger partial charge in [0.05, 0.1) is 37.1 Å². The molecule has 0 aliphatic rings. The Kier molecular flexibility index (Phi) is 17.6. The fourth-order valence-electron chi connectivity index (χ4n) is 7.20. The minimum Gasteiger partial charge on any atom is -0.366 e. The van der Waals surface area contributed by atoms with Crippen molar-refractivity contribution in [2.45, 2.75) is 0 Å². The Balaban J connectivity index is 0.000000180. The molecule has 9 aromatic rings. The molecule has 0 aliphatic heterocycles. The van der Waals surface area contributed by atoms with E-state index in [1.807, 2.05) is 78.9 Å². The second-order valence-corrected chi connectivity index (χ2v) is 18.6. The molecule has 0 N–H and O–H groups in total. The molecule has 0 heterocycles. The average Bonchev–Trinajstić information content (AvgIpc) is 3.28. The molecule has 58 heavy (non-hydrogen) atoms. The van der Waals surface area contributed by atoms with Gasteiger partial charge in [0.25, 0.3) is 0 Å². The van der Waals surface area contributed by atoms with Crippen LogP contribution in [0.2, 0.25) is 0 Å². The smallest absolute Gasteiger partial charge is 0.366 e. The summed E-state index contributed by atoms with van der Waals surface area (Å²) in [4.78, 5) is 0. The van der Waals surface area contributed by atoms with Crippen LogP contribution < -0.4 is 21.2 Å². The minimum atomic E-state index is -0.783. The number of hydrogen-bond acceptors (Lipinski definition) is 0. The fourth-order valence-corrected chi connectivity index (χ4v) is 13.4. The fraction of sp³-hybridized carbons (Fsp3) is 0.0370. The molecular weight excluding hydrogens is 1020 g/mol. The van der Waals surface area contributed by atoms with Crippen molar-refractivity contribution in [1.82, 2.24) is 0 Å². The second kappa shape index (κ2) is 23.0. The molecule has 0 aliphatic carbocycles. The molecule has 0 unspecified atom stereocenters. The zero-order valence-electron chi connectivity index (χ0n) is 31.8. The number of hydrogen-bond donors (Lipinski definition) is 0. The van der Waals surface area contributed by atoms with Crippen LogP contribution in [-0.4, -0.2) is 12.3 Å². The Morgan fingerprint density at radius 2 is 0.672 bits per heavy atom. The van der Waals surface area contributed by atoms with Crippen LogP contribution >= 0.6 is 15.8 Å². The first-order valence-corrected chi connectivity index (χ1v) is 22.3. The molecule has 0 spiro atoms. The van der Waals surface area contributed by atoms with Crippen molar-refractivity contribution in [1.29, 1.82) is 0 Å². The SMILES string of the molecule is [Ag+].[Au+].[C-]#Cc1c2ccccc2cc2ccccc12.[C-]#Cc1cccc2ccccc12.c1ccc([PH+](CC[PH+](c2ccccc2)c2ccccc2)c2ccccc2)cc1. The van der Waals surface area contributed by atoms with Crippen LogP contribution in [0.5, 0.6) is 0 Å². The first kappa shape index (κ1) is 44.3. The van der Waals surface area contributed by atoms with E-state index < -0.39 is 15.8 Å². The van der Waals surface area contributed by atoms with Gasteiger partial charge in [-0.15, -0.1) is 17.2 Å². The summed E-state index contributed by atoms with van der Waals surface area (Å²) >= 11 is 0. The Hall–Kier alpha value is -4.78. The van der Waals surface area contributed by atoms with Crippen LogP contribution in [0.3, 0.4) is 0 Å². The van der Waals surface area contributed by atoms with E-state index >= 15 is 0 Å². The van der Waals surface area contributed by atoms with Crippen molar-refractivity contribution in [3.05, 3.63) is 242 Å². The van der Waals surface area contributed by atoms with Gasteiger partial charge >= 0.3 is 44.8 Å². The van der Waals surface area contributed by atoms with E-state index in [0.29, 0.717) is 0 Å². The Morgan fingerprint density at radius 1 is 0.345 bits per heavy atom. The summed E-state index contributed by atoms with van der Waals surface area (Å²) in [6.07, 6.45) is 17.1. The van der Waals surface area contributed by atoms with Gasteiger partial charge in [-0.25, -0.2) is 0 Å². The van der Waals surface area contributed by atoms with Crippen LogP contribution in [0.25, 0.3) is 32.3 Å². The number of fused-ring (bicyclic) bond motifs is 3. The van der Waals surface area contributed by atoms with Gasteiger partial charge in [-0.2, -0.15) is 0 Å². The summed E-state index contributed by atoms with van der Waals surface area (Å²) in [5.41, 5.74) is 1.74. The maximum absolute atomic E-state index is 7.46. The standard InChI is InChI=1S/C26H24P2.C16H9.C12H7.Ag.Au/c1-5-13-23(14-6-1)27(24-15-7-2-8-16-24)21-22-28(25-17-9-3-10-18-25)26-19-11-4-12-20-26;1-2-14-15-9-5-3-7-12(15)11-13-8-4-6-10-16(13)14;1-2-10-7-5-8-11-6-3-4-9-12(10)11;;/h1-20H,21-22H2;3-11H;3-9H;;/q;2*-1;2*+1/p+2. The van der Waals surface area contributed by atoms with Gasteiger partial charge < -0.3 is 12.8 Å². The third-order valence-corrected chi connectivity index (χ3v) is 16.1. The van der Waals surface area contributed by atoms with Crippen LogP contribution in [0.15, 0.2) is 218 Å². The molecule has 4 heteroatoms. The van der Waals surface area contributed by atoms with E-state index in [4.69, 9.17) is 12.8 Å². The van der Waals surface area contributed by atoms with Crippen molar-refractivity contribution < 1.29 is 44.8 Å². The maximum atomic E-state index is 7.46. The Labute approximate surface area is 377 Å². The molecule has 0 radical (unpaired) electrons. The summed E-state index contributed by atoms with van der Waals surface area (Å²) in [6.45, 7) is 0. The first-order chi connectivity index (χ1) is 27.7. The predicted octanol–water partition coefficient (Wildman–Crippen LogP) is 11.4. The molecule has 0 aromatic heterocycles. The van der Waals surface area contributed by atoms with Gasteiger partial charge in [0.2, 0.25) is 0 Å². The van der Waals surface area contributed by atoms with Gasteiger partial charge in [-0.05, 0) is 70.8 Å². The molecule has 0 saturated carbocycles. The van der Waals surface area contributed by atoms with Crippen molar-refractivity contribution in [3.8, 4) is 11.8 Å². The zero-order valence-corrected chi connectivity index (χ0v) is 37.5. The molecule has 0 bridgehead atoms. The van der Waals surface area contributed by atoms with Gasteiger partial charge in [0.15, 0.2) is 0 Å². The van der Waals surface area contributed by atoms with Crippen molar-refractivity contribution in [3.63, 3.8) is 0 Å². The summed E-state index contributed by atoms with van der Waals surface area (Å²) < 4.78 is 0. The summed E-state index contributed by atoms with van der Waals surface area (Å²) in [6, 6.07) is 76.8. The third-order valence-electron chi connectivity index (χ3n) is 9.93. The van der Waals surface area contributed by atoms with Crippen LogP contribution in [0, 0.1) is 24.7 Å². The molecule has 0 nitrogen and oxygen atoms in total. The Morgan fingerprint density at radius 3 is 1.05 bits per heavy atom. The molecule has 0 amide bonds.